The summed E-state index contributed by atoms with van der Waals surface area (Å²) in [7, 11) is 1.58. The van der Waals surface area contributed by atoms with Gasteiger partial charge in [-0.3, -0.25) is 0 Å². The van der Waals surface area contributed by atoms with Crippen molar-refractivity contribution in [1.82, 2.24) is 9.38 Å². The Bertz CT molecular complexity index is 1210. The zero-order chi connectivity index (χ0) is 20.7. The lowest BCUT2D eigenvalue weighted by Crippen LogP contribution is -2.43. The second-order valence-corrected chi connectivity index (χ2v) is 8.15. The third-order valence-electron chi connectivity index (χ3n) is 6.44. The first-order valence-corrected chi connectivity index (χ1v) is 10.4. The summed E-state index contributed by atoms with van der Waals surface area (Å²) in [5, 5.41) is 9.77. The number of pyridine rings is 1. The highest BCUT2D eigenvalue weighted by Crippen LogP contribution is 2.40. The van der Waals surface area contributed by atoms with Gasteiger partial charge in [0.1, 0.15) is 17.4 Å². The number of rotatable bonds is 4. The summed E-state index contributed by atoms with van der Waals surface area (Å²) in [5.41, 5.74) is 11.6. The van der Waals surface area contributed by atoms with Crippen LogP contribution in [0.1, 0.15) is 48.4 Å². The van der Waals surface area contributed by atoms with Gasteiger partial charge >= 0.3 is 0 Å². The van der Waals surface area contributed by atoms with E-state index in [-0.39, 0.29) is 11.5 Å². The van der Waals surface area contributed by atoms with Crippen LogP contribution >= 0.6 is 0 Å². The fourth-order valence-corrected chi connectivity index (χ4v) is 4.54. The Hall–Kier alpha value is -3.36. The topological polar surface area (TPSA) is 76.3 Å². The number of fused-ring (bicyclic) bond motifs is 1. The van der Waals surface area contributed by atoms with Crippen LogP contribution in [0.5, 0.6) is 5.75 Å². The van der Waals surface area contributed by atoms with Gasteiger partial charge < -0.3 is 14.9 Å². The van der Waals surface area contributed by atoms with E-state index in [9.17, 15) is 5.26 Å². The van der Waals surface area contributed by atoms with Crippen LogP contribution in [0.4, 0.5) is 0 Å². The third-order valence-corrected chi connectivity index (χ3v) is 6.44. The molecule has 2 heterocycles. The molecule has 5 rings (SSSR count). The number of imidazole rings is 1. The molecule has 5 heteroatoms. The zero-order valence-corrected chi connectivity index (χ0v) is 17.0. The van der Waals surface area contributed by atoms with Gasteiger partial charge in [-0.1, -0.05) is 48.6 Å². The number of aromatic nitrogens is 2. The van der Waals surface area contributed by atoms with E-state index >= 15 is 0 Å². The number of nitrogens with zero attached hydrogens (tertiary/aromatic N) is 3. The zero-order valence-electron chi connectivity index (χ0n) is 17.0. The summed E-state index contributed by atoms with van der Waals surface area (Å²) in [6.45, 7) is 0. The molecule has 0 aliphatic heterocycles. The molecule has 30 heavy (non-hydrogen) atoms. The first-order chi connectivity index (χ1) is 14.6. The smallest absolute Gasteiger partial charge is 0.159 e. The van der Waals surface area contributed by atoms with Crippen LogP contribution in [0.3, 0.4) is 0 Å². The molecule has 3 aromatic rings. The van der Waals surface area contributed by atoms with Crippen LogP contribution in [-0.2, 0) is 5.54 Å². The Labute approximate surface area is 176 Å². The molecule has 1 aromatic carbocycles. The molecular weight excluding hydrogens is 372 g/mol. The van der Waals surface area contributed by atoms with E-state index in [2.05, 4.69) is 54.6 Å². The van der Waals surface area contributed by atoms with Gasteiger partial charge in [0, 0.05) is 23.2 Å². The number of nitriles is 1. The second-order valence-electron chi connectivity index (χ2n) is 8.15. The maximum absolute atomic E-state index is 9.77. The van der Waals surface area contributed by atoms with Crippen molar-refractivity contribution in [3.63, 3.8) is 0 Å². The van der Waals surface area contributed by atoms with Gasteiger partial charge in [0.2, 0.25) is 0 Å². The van der Waals surface area contributed by atoms with Crippen molar-refractivity contribution in [2.75, 3.05) is 7.11 Å². The van der Waals surface area contributed by atoms with Crippen molar-refractivity contribution < 1.29 is 4.74 Å². The average molecular weight is 396 g/mol. The van der Waals surface area contributed by atoms with Crippen molar-refractivity contribution in [2.45, 2.75) is 37.1 Å². The maximum atomic E-state index is 9.77. The van der Waals surface area contributed by atoms with Gasteiger partial charge in [-0.15, -0.1) is 0 Å². The van der Waals surface area contributed by atoms with E-state index in [1.54, 1.807) is 7.11 Å². The Morgan fingerprint density at radius 2 is 2.00 bits per heavy atom. The van der Waals surface area contributed by atoms with Crippen LogP contribution in [0.15, 0.2) is 60.8 Å². The summed E-state index contributed by atoms with van der Waals surface area (Å²) < 4.78 is 7.44. The van der Waals surface area contributed by atoms with Gasteiger partial charge in [-0.25, -0.2) is 4.98 Å². The normalized spacial score (nSPS) is 19.4. The Morgan fingerprint density at radius 1 is 1.20 bits per heavy atom. The molecule has 2 aliphatic rings. The van der Waals surface area contributed by atoms with E-state index in [4.69, 9.17) is 15.5 Å². The predicted molar refractivity (Wildman–Crippen MR) is 117 cm³/mol. The largest absolute Gasteiger partial charge is 0.495 e. The van der Waals surface area contributed by atoms with Gasteiger partial charge in [-0.05, 0) is 37.3 Å². The molecule has 0 saturated heterocycles. The molecule has 2 aromatic heterocycles. The summed E-state index contributed by atoms with van der Waals surface area (Å²) in [5.74, 6) is 0.727. The molecule has 5 nitrogen and oxygen atoms in total. The summed E-state index contributed by atoms with van der Waals surface area (Å²) >= 11 is 0. The van der Waals surface area contributed by atoms with Gasteiger partial charge in [-0.2, -0.15) is 5.26 Å². The van der Waals surface area contributed by atoms with Crippen LogP contribution in [0.2, 0.25) is 0 Å². The highest BCUT2D eigenvalue weighted by atomic mass is 16.5. The molecule has 0 radical (unpaired) electrons. The fourth-order valence-electron chi connectivity index (χ4n) is 4.54. The third kappa shape index (κ3) is 2.84. The van der Waals surface area contributed by atoms with Crippen molar-refractivity contribution in [2.24, 2.45) is 5.73 Å². The summed E-state index contributed by atoms with van der Waals surface area (Å²) in [6.07, 6.45) is 14.6. The quantitative estimate of drug-likeness (QED) is 0.686. The van der Waals surface area contributed by atoms with Crippen LogP contribution in [0, 0.1) is 11.3 Å². The minimum absolute atomic E-state index is 0.182. The Morgan fingerprint density at radius 3 is 2.60 bits per heavy atom. The molecule has 1 atom stereocenters. The van der Waals surface area contributed by atoms with Gasteiger partial charge in [0.15, 0.2) is 5.65 Å². The lowest BCUT2D eigenvalue weighted by atomic mass is 9.72. The maximum Gasteiger partial charge on any atom is 0.159 e. The number of nitrogens with two attached hydrogens (primary N) is 1. The van der Waals surface area contributed by atoms with E-state index in [0.29, 0.717) is 17.0 Å². The lowest BCUT2D eigenvalue weighted by Gasteiger charge is -2.38. The number of ether oxygens (including phenoxy) is 1. The molecular formula is C25H24N4O. The molecule has 0 bridgehead atoms. The predicted octanol–water partition coefficient (Wildman–Crippen LogP) is 4.82. The highest BCUT2D eigenvalue weighted by Gasteiger charge is 2.34. The highest BCUT2D eigenvalue weighted by molar-refractivity contribution is 5.73. The van der Waals surface area contributed by atoms with E-state index in [0.717, 1.165) is 36.2 Å². The monoisotopic (exact) mass is 396 g/mol. The molecule has 1 fully saturated rings. The number of benzene rings is 1. The first kappa shape index (κ1) is 18.7. The molecule has 2 N–H and O–H groups in total. The van der Waals surface area contributed by atoms with Crippen molar-refractivity contribution >= 4 is 5.65 Å². The lowest BCUT2D eigenvalue weighted by molar-refractivity contribution is 0.253. The SMILES string of the molecule is COc1ccn2c(C3C=CC=CC3)c(-c3ccc(C4(N)CCC4)cc3)nc2c1C#N. The Kier molecular flexibility index (Phi) is 4.45. The molecule has 0 spiro atoms. The molecule has 1 unspecified atom stereocenters. The molecule has 150 valence electrons. The second kappa shape index (κ2) is 7.16. The number of methoxy groups -OCH3 is 1. The minimum atomic E-state index is -0.182. The van der Waals surface area contributed by atoms with E-state index in [1.165, 1.54) is 12.0 Å². The minimum Gasteiger partial charge on any atom is -0.495 e. The van der Waals surface area contributed by atoms with Crippen LogP contribution < -0.4 is 10.5 Å². The van der Waals surface area contributed by atoms with E-state index < -0.39 is 0 Å². The van der Waals surface area contributed by atoms with Gasteiger partial charge in [0.05, 0.1) is 18.5 Å². The molecule has 0 amide bonds. The fraction of sp³-hybridized carbons (Fsp3) is 0.280. The standard InChI is InChI=1S/C25H24N4O/c1-30-21-12-15-29-23(18-6-3-2-4-7-18)22(28-24(29)20(21)16-26)17-8-10-19(11-9-17)25(27)13-5-14-25/h2-4,6,8-12,15,18H,5,7,13-14,27H2,1H3. The molecule has 1 saturated carbocycles. The summed E-state index contributed by atoms with van der Waals surface area (Å²) in [6, 6.07) is 12.6. The number of hydrogen-bond acceptors (Lipinski definition) is 4. The average Bonchev–Trinajstić information content (AvgIpc) is 3.17. The summed E-state index contributed by atoms with van der Waals surface area (Å²) in [4.78, 5) is 4.93. The van der Waals surface area contributed by atoms with Crippen LogP contribution in [-0.4, -0.2) is 16.5 Å². The number of hydrogen-bond donors (Lipinski definition) is 1. The van der Waals surface area contributed by atoms with E-state index in [1.807, 2.05) is 16.7 Å². The first-order valence-electron chi connectivity index (χ1n) is 10.4. The van der Waals surface area contributed by atoms with Crippen molar-refractivity contribution in [3.8, 4) is 23.1 Å². The Balaban J connectivity index is 1.69. The van der Waals surface area contributed by atoms with Crippen molar-refractivity contribution in [1.29, 1.82) is 5.26 Å². The van der Waals surface area contributed by atoms with Gasteiger partial charge in [0.25, 0.3) is 0 Å². The number of allylic oxidation sites excluding steroid dienone is 4. The van der Waals surface area contributed by atoms with Crippen molar-refractivity contribution in [3.05, 3.63) is 77.7 Å². The van der Waals surface area contributed by atoms with Crippen LogP contribution in [0.25, 0.3) is 16.9 Å². The molecule has 2 aliphatic carbocycles.